The highest BCUT2D eigenvalue weighted by Crippen LogP contribution is 2.49. The first-order valence-corrected chi connectivity index (χ1v) is 14.9. The van der Waals surface area contributed by atoms with Gasteiger partial charge in [0.1, 0.15) is 0 Å². The van der Waals surface area contributed by atoms with Crippen molar-refractivity contribution in [2.24, 2.45) is 0 Å². The van der Waals surface area contributed by atoms with Gasteiger partial charge in [0.05, 0.1) is 28.4 Å². The third-order valence-corrected chi connectivity index (χ3v) is 8.59. The molecule has 0 N–H and O–H groups in total. The fourth-order valence-corrected chi connectivity index (χ4v) is 6.90. The normalized spacial score (nSPS) is 16.1. The minimum atomic E-state index is 0.342. The van der Waals surface area contributed by atoms with Gasteiger partial charge in [-0.3, -0.25) is 0 Å². The lowest BCUT2D eigenvalue weighted by Gasteiger charge is -2.31. The summed E-state index contributed by atoms with van der Waals surface area (Å²) in [5.41, 5.74) is 10.4. The number of para-hydroxylation sites is 2. The standard InChI is InChI=1S/C39H35N3/c1-5-15-33-35-20-12-14-22-39(35)41(36(33)8-4)29-23-28(32-18-10-9-17-27(32)26-40)24-30(25-29)42-37(16-6-2)31(7-3)34-19-11-13-21-38(34)42/h3,6,9-14,16-25,33,36H,5,8,15H2,1-2,4H3/b16-6-. The molecule has 4 aromatic carbocycles. The molecule has 0 spiro atoms. The number of nitrogens with zero attached hydrogens (tertiary/aromatic N) is 3. The average molecular weight is 546 g/mol. The van der Waals surface area contributed by atoms with Crippen molar-refractivity contribution in [3.63, 3.8) is 0 Å². The smallest absolute Gasteiger partial charge is 0.0998 e. The van der Waals surface area contributed by atoms with Crippen molar-refractivity contribution < 1.29 is 0 Å². The molecule has 6 rings (SSSR count). The summed E-state index contributed by atoms with van der Waals surface area (Å²) < 4.78 is 2.28. The number of allylic oxidation sites excluding steroid dienone is 1. The molecule has 2 atom stereocenters. The molecule has 2 heterocycles. The zero-order valence-corrected chi connectivity index (χ0v) is 24.5. The summed E-state index contributed by atoms with van der Waals surface area (Å²) in [4.78, 5) is 2.54. The number of hydrogen-bond donors (Lipinski definition) is 0. The van der Waals surface area contributed by atoms with E-state index in [2.05, 4.69) is 102 Å². The van der Waals surface area contributed by atoms with Crippen molar-refractivity contribution in [3.8, 4) is 35.2 Å². The maximum Gasteiger partial charge on any atom is 0.0998 e. The molecule has 3 heteroatoms. The Kier molecular flexibility index (Phi) is 7.43. The summed E-state index contributed by atoms with van der Waals surface area (Å²) in [6.45, 7) is 6.59. The van der Waals surface area contributed by atoms with E-state index in [0.717, 1.165) is 63.9 Å². The van der Waals surface area contributed by atoms with E-state index in [-0.39, 0.29) is 0 Å². The van der Waals surface area contributed by atoms with Gasteiger partial charge >= 0.3 is 0 Å². The zero-order valence-electron chi connectivity index (χ0n) is 24.5. The van der Waals surface area contributed by atoms with Crippen LogP contribution in [0.3, 0.4) is 0 Å². The molecule has 1 aromatic heterocycles. The highest BCUT2D eigenvalue weighted by molar-refractivity contribution is 5.93. The van der Waals surface area contributed by atoms with Crippen LogP contribution in [0.5, 0.6) is 0 Å². The minimum Gasteiger partial charge on any atom is -0.337 e. The van der Waals surface area contributed by atoms with E-state index in [1.54, 1.807) is 0 Å². The summed E-state index contributed by atoms with van der Waals surface area (Å²) in [6, 6.07) is 34.6. The van der Waals surface area contributed by atoms with Crippen molar-refractivity contribution in [3.05, 3.63) is 119 Å². The number of nitriles is 1. The summed E-state index contributed by atoms with van der Waals surface area (Å²) in [7, 11) is 0. The second-order valence-electron chi connectivity index (χ2n) is 11.0. The number of hydrogen-bond acceptors (Lipinski definition) is 2. The van der Waals surface area contributed by atoms with Crippen molar-refractivity contribution in [2.75, 3.05) is 4.90 Å². The van der Waals surface area contributed by atoms with Gasteiger partial charge in [0.15, 0.2) is 0 Å². The van der Waals surface area contributed by atoms with Crippen LogP contribution >= 0.6 is 0 Å². The highest BCUT2D eigenvalue weighted by Gasteiger charge is 2.37. The van der Waals surface area contributed by atoms with Crippen molar-refractivity contribution >= 4 is 28.4 Å². The Balaban J connectivity index is 1.68. The molecule has 0 saturated heterocycles. The molecule has 3 nitrogen and oxygen atoms in total. The quantitative estimate of drug-likeness (QED) is 0.191. The van der Waals surface area contributed by atoms with E-state index in [1.165, 1.54) is 11.3 Å². The summed E-state index contributed by atoms with van der Waals surface area (Å²) in [6.07, 6.45) is 13.6. The number of benzene rings is 4. The predicted molar refractivity (Wildman–Crippen MR) is 176 cm³/mol. The Morgan fingerprint density at radius 2 is 1.64 bits per heavy atom. The van der Waals surface area contributed by atoms with Gasteiger partial charge in [0.2, 0.25) is 0 Å². The Bertz CT molecular complexity index is 1890. The SMILES string of the molecule is C#Cc1c(/C=C\C)n(-c2cc(-c3ccccc3C#N)cc(N3c4ccccc4C(CCC)C3CC)c2)c2ccccc12. The molecule has 0 bridgehead atoms. The maximum atomic E-state index is 10.0. The van der Waals surface area contributed by atoms with Crippen LogP contribution in [-0.4, -0.2) is 10.6 Å². The Morgan fingerprint density at radius 3 is 2.40 bits per heavy atom. The molecule has 0 saturated carbocycles. The molecule has 5 aromatic rings. The van der Waals surface area contributed by atoms with Gasteiger partial charge in [0, 0.05) is 34.4 Å². The van der Waals surface area contributed by atoms with E-state index >= 15 is 0 Å². The van der Waals surface area contributed by atoms with Gasteiger partial charge in [0.25, 0.3) is 0 Å². The van der Waals surface area contributed by atoms with Crippen LogP contribution < -0.4 is 4.90 Å². The number of fused-ring (bicyclic) bond motifs is 2. The first kappa shape index (κ1) is 27.2. The molecule has 2 unspecified atom stereocenters. The molecule has 1 aliphatic rings. The van der Waals surface area contributed by atoms with Gasteiger partial charge in [-0.2, -0.15) is 5.26 Å². The summed E-state index contributed by atoms with van der Waals surface area (Å²) in [5, 5.41) is 11.1. The van der Waals surface area contributed by atoms with Gasteiger partial charge in [-0.25, -0.2) is 0 Å². The lowest BCUT2D eigenvalue weighted by atomic mass is 9.89. The number of aromatic nitrogens is 1. The fourth-order valence-electron chi connectivity index (χ4n) is 6.90. The topological polar surface area (TPSA) is 32.0 Å². The van der Waals surface area contributed by atoms with E-state index in [4.69, 9.17) is 6.42 Å². The molecule has 1 aliphatic heterocycles. The molecule has 0 fully saturated rings. The lowest BCUT2D eigenvalue weighted by molar-refractivity contribution is 0.506. The Morgan fingerprint density at radius 1 is 0.905 bits per heavy atom. The van der Waals surface area contributed by atoms with Crippen molar-refractivity contribution in [1.82, 2.24) is 4.57 Å². The van der Waals surface area contributed by atoms with Gasteiger partial charge in [-0.05, 0) is 78.9 Å². The van der Waals surface area contributed by atoms with Crippen LogP contribution in [-0.2, 0) is 0 Å². The van der Waals surface area contributed by atoms with E-state index in [0.29, 0.717) is 17.5 Å². The van der Waals surface area contributed by atoms with E-state index in [9.17, 15) is 5.26 Å². The number of rotatable bonds is 7. The Labute approximate surface area is 249 Å². The molecule has 42 heavy (non-hydrogen) atoms. The molecule has 206 valence electrons. The average Bonchev–Trinajstić information content (AvgIpc) is 3.53. The largest absolute Gasteiger partial charge is 0.337 e. The van der Waals surface area contributed by atoms with Gasteiger partial charge < -0.3 is 9.47 Å². The molecular weight excluding hydrogens is 510 g/mol. The molecule has 0 radical (unpaired) electrons. The third-order valence-electron chi connectivity index (χ3n) is 8.59. The summed E-state index contributed by atoms with van der Waals surface area (Å²) in [5.74, 6) is 3.44. The molecule has 0 aliphatic carbocycles. The summed E-state index contributed by atoms with van der Waals surface area (Å²) >= 11 is 0. The van der Waals surface area contributed by atoms with Crippen LogP contribution in [0.2, 0.25) is 0 Å². The monoisotopic (exact) mass is 545 g/mol. The van der Waals surface area contributed by atoms with Crippen molar-refractivity contribution in [2.45, 2.75) is 52.0 Å². The highest BCUT2D eigenvalue weighted by atomic mass is 15.2. The van der Waals surface area contributed by atoms with Crippen molar-refractivity contribution in [1.29, 1.82) is 5.26 Å². The van der Waals surface area contributed by atoms with Gasteiger partial charge in [-0.1, -0.05) is 86.9 Å². The van der Waals surface area contributed by atoms with Crippen LogP contribution in [0.25, 0.3) is 33.8 Å². The Hall–Kier alpha value is -4.99. The predicted octanol–water partition coefficient (Wildman–Crippen LogP) is 10.00. The maximum absolute atomic E-state index is 10.0. The minimum absolute atomic E-state index is 0.342. The molecular formula is C39H35N3. The van der Waals surface area contributed by atoms with Crippen LogP contribution in [0.15, 0.2) is 97.1 Å². The number of anilines is 2. The van der Waals surface area contributed by atoms with Crippen LogP contribution in [0, 0.1) is 23.7 Å². The van der Waals surface area contributed by atoms with E-state index in [1.807, 2.05) is 43.3 Å². The fraction of sp³-hybridized carbons (Fsp3) is 0.205. The second kappa shape index (κ2) is 11.5. The second-order valence-corrected chi connectivity index (χ2v) is 11.0. The van der Waals surface area contributed by atoms with Crippen LogP contribution in [0.1, 0.15) is 68.3 Å². The van der Waals surface area contributed by atoms with E-state index < -0.39 is 0 Å². The molecule has 0 amide bonds. The van der Waals surface area contributed by atoms with Gasteiger partial charge in [-0.15, -0.1) is 6.42 Å². The zero-order chi connectivity index (χ0) is 29.2. The first-order chi connectivity index (χ1) is 20.6. The van der Waals surface area contributed by atoms with Crippen LogP contribution in [0.4, 0.5) is 11.4 Å². The lowest BCUT2D eigenvalue weighted by Crippen LogP contribution is -2.29. The third kappa shape index (κ3) is 4.39. The first-order valence-electron chi connectivity index (χ1n) is 14.9. The number of terminal acetylenes is 1.